The molecule has 2 aliphatic rings. The Morgan fingerprint density at radius 2 is 2.04 bits per heavy atom. The Morgan fingerprint density at radius 1 is 1.33 bits per heavy atom. The molecule has 2 aliphatic heterocycles. The van der Waals surface area contributed by atoms with E-state index in [0.717, 1.165) is 28.6 Å². The first-order valence-electron chi connectivity index (χ1n) is 7.61. The van der Waals surface area contributed by atoms with Gasteiger partial charge in [-0.15, -0.1) is 5.10 Å². The van der Waals surface area contributed by atoms with Crippen LogP contribution in [0.15, 0.2) is 23.3 Å². The van der Waals surface area contributed by atoms with Gasteiger partial charge in [0, 0.05) is 26.0 Å². The summed E-state index contributed by atoms with van der Waals surface area (Å²) in [6.07, 6.45) is 0. The number of aryl methyl sites for hydroxylation is 1. The van der Waals surface area contributed by atoms with Crippen molar-refractivity contribution in [2.24, 2.45) is 5.10 Å². The van der Waals surface area contributed by atoms with Crippen LogP contribution in [0.2, 0.25) is 0 Å². The number of fused-ring (bicyclic) bond motifs is 2. The van der Waals surface area contributed by atoms with Crippen LogP contribution in [0.4, 0.5) is 5.69 Å². The monoisotopic (exact) mass is 346 g/mol. The molecule has 0 fully saturated rings. The quantitative estimate of drug-likeness (QED) is 0.836. The summed E-state index contributed by atoms with van der Waals surface area (Å²) >= 11 is 1.10. The maximum Gasteiger partial charge on any atom is 0.270 e. The number of hydrazone groups is 1. The van der Waals surface area contributed by atoms with Gasteiger partial charge in [0.1, 0.15) is 0 Å². The van der Waals surface area contributed by atoms with Gasteiger partial charge < -0.3 is 10.2 Å². The third-order valence-corrected chi connectivity index (χ3v) is 5.28. The van der Waals surface area contributed by atoms with Crippen LogP contribution in [0, 0.1) is 6.92 Å². The lowest BCUT2D eigenvalue weighted by atomic mass is 10.0. The van der Waals surface area contributed by atoms with Gasteiger partial charge in [-0.05, 0) is 31.2 Å². The molecular formula is C16H18N4O3S. The predicted octanol–water partition coefficient (Wildman–Crippen LogP) is 1.52. The van der Waals surface area contributed by atoms with E-state index in [2.05, 4.69) is 10.4 Å². The van der Waals surface area contributed by atoms with Crippen LogP contribution in [0.5, 0.6) is 0 Å². The second kappa shape index (κ2) is 5.62. The number of likely N-dealkylation sites (N-methyl/N-ethyl adjacent to an activating group) is 1. The second-order valence-electron chi connectivity index (χ2n) is 5.68. The van der Waals surface area contributed by atoms with E-state index in [0.29, 0.717) is 6.54 Å². The predicted molar refractivity (Wildman–Crippen MR) is 92.2 cm³/mol. The van der Waals surface area contributed by atoms with E-state index >= 15 is 0 Å². The van der Waals surface area contributed by atoms with Crippen molar-refractivity contribution in [3.8, 4) is 0 Å². The van der Waals surface area contributed by atoms with Crippen molar-refractivity contribution < 1.29 is 14.4 Å². The molecule has 24 heavy (non-hydrogen) atoms. The molecule has 0 saturated carbocycles. The smallest absolute Gasteiger partial charge is 0.270 e. The number of benzene rings is 1. The van der Waals surface area contributed by atoms with Crippen molar-refractivity contribution in [3.05, 3.63) is 29.3 Å². The summed E-state index contributed by atoms with van der Waals surface area (Å²) in [4.78, 5) is 37.2. The summed E-state index contributed by atoms with van der Waals surface area (Å²) in [6, 6.07) is 5.63. The number of hydrogen-bond acceptors (Lipinski definition) is 5. The molecule has 2 heterocycles. The summed E-state index contributed by atoms with van der Waals surface area (Å²) in [7, 11) is 0. The molecule has 1 N–H and O–H groups in total. The number of thioether (sulfide) groups is 1. The zero-order chi connectivity index (χ0) is 17.6. The fourth-order valence-corrected chi connectivity index (χ4v) is 4.48. The van der Waals surface area contributed by atoms with Crippen LogP contribution in [0.1, 0.15) is 31.9 Å². The summed E-state index contributed by atoms with van der Waals surface area (Å²) in [5.41, 5.74) is 2.48. The highest BCUT2D eigenvalue weighted by Gasteiger charge is 2.61. The first-order valence-corrected chi connectivity index (χ1v) is 8.42. The maximum atomic E-state index is 13.2. The highest BCUT2D eigenvalue weighted by Crippen LogP contribution is 2.55. The molecule has 8 heteroatoms. The largest absolute Gasteiger partial charge is 0.309 e. The lowest BCUT2D eigenvalue weighted by molar-refractivity contribution is -0.139. The zero-order valence-corrected chi connectivity index (χ0v) is 14.7. The summed E-state index contributed by atoms with van der Waals surface area (Å²) in [5.74, 6) is -0.885. The minimum absolute atomic E-state index is 0.224. The van der Waals surface area contributed by atoms with Gasteiger partial charge in [0.15, 0.2) is 5.17 Å². The van der Waals surface area contributed by atoms with Crippen molar-refractivity contribution in [1.29, 1.82) is 0 Å². The van der Waals surface area contributed by atoms with Crippen molar-refractivity contribution in [3.63, 3.8) is 0 Å². The number of carbonyl (C=O) groups is 3. The molecule has 0 aliphatic carbocycles. The van der Waals surface area contributed by atoms with Gasteiger partial charge >= 0.3 is 0 Å². The van der Waals surface area contributed by atoms with E-state index in [1.54, 1.807) is 4.90 Å². The molecule has 126 valence electrons. The standard InChI is InChI=1S/C16H18N4O3S/c1-5-19-13-9(2)7-6-8-12(13)16(14(19)23)20(11(4)22)18-15(24-16)17-10(3)21/h6-8H,5H2,1-4H3,(H,17,18,21). The Bertz CT molecular complexity index is 792. The number of para-hydroxylation sites is 1. The Hall–Kier alpha value is -2.35. The van der Waals surface area contributed by atoms with E-state index in [9.17, 15) is 14.4 Å². The van der Waals surface area contributed by atoms with E-state index in [-0.39, 0.29) is 22.9 Å². The summed E-state index contributed by atoms with van der Waals surface area (Å²) in [6.45, 7) is 7.03. The van der Waals surface area contributed by atoms with Crippen molar-refractivity contribution in [1.82, 2.24) is 10.3 Å². The molecule has 0 aromatic heterocycles. The molecule has 1 atom stereocenters. The first kappa shape index (κ1) is 16.5. The zero-order valence-electron chi connectivity index (χ0n) is 13.9. The Kier molecular flexibility index (Phi) is 3.87. The van der Waals surface area contributed by atoms with E-state index in [1.165, 1.54) is 18.9 Å². The molecule has 3 amide bonds. The molecule has 7 nitrogen and oxygen atoms in total. The highest BCUT2D eigenvalue weighted by molar-refractivity contribution is 8.15. The SMILES string of the molecule is CCN1C(=O)C2(SC(NC(C)=O)=NN2C(C)=O)c2cccc(C)c21. The Morgan fingerprint density at radius 3 is 2.62 bits per heavy atom. The number of anilines is 1. The van der Waals surface area contributed by atoms with Gasteiger partial charge in [0.05, 0.1) is 5.69 Å². The third-order valence-electron chi connectivity index (χ3n) is 4.04. The number of amides is 3. The normalized spacial score (nSPS) is 22.0. The van der Waals surface area contributed by atoms with Crippen LogP contribution in [-0.2, 0) is 19.3 Å². The van der Waals surface area contributed by atoms with Crippen molar-refractivity contribution in [2.75, 3.05) is 11.4 Å². The number of hydrogen-bond donors (Lipinski definition) is 1. The summed E-state index contributed by atoms with van der Waals surface area (Å²) < 4.78 is 0. The van der Waals surface area contributed by atoms with Crippen LogP contribution in [-0.4, -0.2) is 34.4 Å². The fraction of sp³-hybridized carbons (Fsp3) is 0.375. The van der Waals surface area contributed by atoms with Gasteiger partial charge in [0.2, 0.25) is 16.7 Å². The van der Waals surface area contributed by atoms with Crippen LogP contribution < -0.4 is 10.2 Å². The van der Waals surface area contributed by atoms with Gasteiger partial charge in [-0.3, -0.25) is 14.4 Å². The first-order chi connectivity index (χ1) is 11.3. The summed E-state index contributed by atoms with van der Waals surface area (Å²) in [5, 5.41) is 8.21. The highest BCUT2D eigenvalue weighted by atomic mass is 32.2. The van der Waals surface area contributed by atoms with E-state index in [4.69, 9.17) is 0 Å². The molecule has 3 rings (SSSR count). The van der Waals surface area contributed by atoms with Gasteiger partial charge in [-0.1, -0.05) is 18.2 Å². The van der Waals surface area contributed by atoms with E-state index < -0.39 is 4.87 Å². The minimum Gasteiger partial charge on any atom is -0.309 e. The average Bonchev–Trinajstić information content (AvgIpc) is 2.99. The molecule has 0 bridgehead atoms. The molecule has 1 aromatic carbocycles. The topological polar surface area (TPSA) is 82.1 Å². The molecular weight excluding hydrogens is 328 g/mol. The van der Waals surface area contributed by atoms with Gasteiger partial charge in [-0.25, -0.2) is 0 Å². The van der Waals surface area contributed by atoms with Crippen molar-refractivity contribution >= 4 is 40.3 Å². The Labute approximate surface area is 144 Å². The van der Waals surface area contributed by atoms with Crippen LogP contribution >= 0.6 is 11.8 Å². The van der Waals surface area contributed by atoms with E-state index in [1.807, 2.05) is 32.0 Å². The molecule has 1 aromatic rings. The van der Waals surface area contributed by atoms with Gasteiger partial charge in [-0.2, -0.15) is 5.01 Å². The number of amidine groups is 1. The van der Waals surface area contributed by atoms with Crippen LogP contribution in [0.25, 0.3) is 0 Å². The number of nitrogens with one attached hydrogen (secondary N) is 1. The Balaban J connectivity index is 2.20. The minimum atomic E-state index is -1.29. The van der Waals surface area contributed by atoms with Crippen molar-refractivity contribution in [2.45, 2.75) is 32.6 Å². The fourth-order valence-electron chi connectivity index (χ4n) is 3.15. The molecule has 0 radical (unpaired) electrons. The van der Waals surface area contributed by atoms with Gasteiger partial charge in [0.25, 0.3) is 5.91 Å². The number of carbonyl (C=O) groups excluding carboxylic acids is 3. The number of nitrogens with zero attached hydrogens (tertiary/aromatic N) is 3. The average molecular weight is 346 g/mol. The molecule has 1 spiro atoms. The number of rotatable bonds is 1. The lowest BCUT2D eigenvalue weighted by Crippen LogP contribution is -2.48. The third kappa shape index (κ3) is 2.13. The van der Waals surface area contributed by atoms with Crippen LogP contribution in [0.3, 0.4) is 0 Å². The second-order valence-corrected chi connectivity index (χ2v) is 6.87. The maximum absolute atomic E-state index is 13.2. The molecule has 0 saturated heterocycles. The lowest BCUT2D eigenvalue weighted by Gasteiger charge is -2.29. The molecule has 1 unspecified atom stereocenters.